The molecular weight excluding hydrogens is 254 g/mol. The van der Waals surface area contributed by atoms with Gasteiger partial charge in [-0.2, -0.15) is 5.26 Å². The highest BCUT2D eigenvalue weighted by molar-refractivity contribution is 5.68. The molecule has 0 heterocycles. The molecular formula is C15H17N3O2. The van der Waals surface area contributed by atoms with Gasteiger partial charge >= 0.3 is 6.09 Å². The van der Waals surface area contributed by atoms with Crippen molar-refractivity contribution in [3.63, 3.8) is 0 Å². The van der Waals surface area contributed by atoms with Gasteiger partial charge in [0.2, 0.25) is 0 Å². The Morgan fingerprint density at radius 3 is 2.70 bits per heavy atom. The van der Waals surface area contributed by atoms with Crippen LogP contribution in [-0.4, -0.2) is 18.2 Å². The predicted molar refractivity (Wildman–Crippen MR) is 76.7 cm³/mol. The molecule has 1 amide bonds. The normalized spacial score (nSPS) is 9.90. The lowest BCUT2D eigenvalue weighted by molar-refractivity contribution is 0.0535. The number of carbonyl (C=O) groups excluding carboxylic acids is 1. The third kappa shape index (κ3) is 5.32. The number of nitriles is 1. The van der Waals surface area contributed by atoms with Crippen molar-refractivity contribution in [2.24, 2.45) is 0 Å². The Labute approximate surface area is 118 Å². The van der Waals surface area contributed by atoms with Gasteiger partial charge in [0.1, 0.15) is 11.7 Å². The van der Waals surface area contributed by atoms with E-state index >= 15 is 0 Å². The molecule has 1 aromatic rings. The number of amides is 1. The third-order valence-corrected chi connectivity index (χ3v) is 2.12. The Kier molecular flexibility index (Phi) is 5.00. The molecule has 1 aromatic carbocycles. The maximum atomic E-state index is 11.4. The summed E-state index contributed by atoms with van der Waals surface area (Å²) >= 11 is 0. The molecule has 5 nitrogen and oxygen atoms in total. The molecule has 3 N–H and O–H groups in total. The number of nitrogens with zero attached hydrogens (tertiary/aromatic N) is 1. The first-order valence-electron chi connectivity index (χ1n) is 6.07. The summed E-state index contributed by atoms with van der Waals surface area (Å²) in [5.41, 5.74) is 6.64. The standard InChI is InChI=1S/C15H17N3O2/c1-15(2,3)20-14(19)18-8-4-5-11-6-7-12(10-16)13(17)9-11/h6-7,9H,8,17H2,1-3H3,(H,18,19). The van der Waals surface area contributed by atoms with Crippen molar-refractivity contribution in [2.45, 2.75) is 26.4 Å². The van der Waals surface area contributed by atoms with Crippen LogP contribution in [0.4, 0.5) is 10.5 Å². The number of nitrogen functional groups attached to an aromatic ring is 1. The highest BCUT2D eigenvalue weighted by Crippen LogP contribution is 2.12. The van der Waals surface area contributed by atoms with Gasteiger partial charge in [-0.1, -0.05) is 11.8 Å². The summed E-state index contributed by atoms with van der Waals surface area (Å²) in [5, 5.41) is 11.3. The molecule has 0 saturated carbocycles. The van der Waals surface area contributed by atoms with E-state index < -0.39 is 11.7 Å². The molecule has 0 aliphatic rings. The van der Waals surface area contributed by atoms with E-state index in [0.29, 0.717) is 16.8 Å². The first-order chi connectivity index (χ1) is 9.31. The smallest absolute Gasteiger partial charge is 0.408 e. The van der Waals surface area contributed by atoms with Crippen LogP contribution in [0.3, 0.4) is 0 Å². The summed E-state index contributed by atoms with van der Waals surface area (Å²) in [4.78, 5) is 11.4. The fourth-order valence-electron chi connectivity index (χ4n) is 1.32. The molecule has 0 radical (unpaired) electrons. The van der Waals surface area contributed by atoms with Crippen LogP contribution >= 0.6 is 0 Å². The maximum Gasteiger partial charge on any atom is 0.408 e. The van der Waals surface area contributed by atoms with Crippen LogP contribution < -0.4 is 11.1 Å². The zero-order valence-corrected chi connectivity index (χ0v) is 11.8. The van der Waals surface area contributed by atoms with Gasteiger partial charge in [-0.25, -0.2) is 4.79 Å². The number of rotatable bonds is 1. The van der Waals surface area contributed by atoms with Crippen LogP contribution in [0, 0.1) is 23.2 Å². The summed E-state index contributed by atoms with van der Waals surface area (Å²) in [5.74, 6) is 5.63. The highest BCUT2D eigenvalue weighted by atomic mass is 16.6. The van der Waals surface area contributed by atoms with E-state index in [-0.39, 0.29) is 6.54 Å². The molecule has 20 heavy (non-hydrogen) atoms. The number of hydrogen-bond acceptors (Lipinski definition) is 4. The number of ether oxygens (including phenoxy) is 1. The molecule has 0 spiro atoms. The monoisotopic (exact) mass is 271 g/mol. The molecule has 1 rings (SSSR count). The lowest BCUT2D eigenvalue weighted by Crippen LogP contribution is -2.32. The van der Waals surface area contributed by atoms with Crippen molar-refractivity contribution < 1.29 is 9.53 Å². The summed E-state index contributed by atoms with van der Waals surface area (Å²) < 4.78 is 5.07. The van der Waals surface area contributed by atoms with Crippen molar-refractivity contribution >= 4 is 11.8 Å². The average Bonchev–Trinajstić information content (AvgIpc) is 2.33. The minimum absolute atomic E-state index is 0.175. The highest BCUT2D eigenvalue weighted by Gasteiger charge is 2.14. The Morgan fingerprint density at radius 1 is 1.45 bits per heavy atom. The van der Waals surface area contributed by atoms with Crippen LogP contribution in [-0.2, 0) is 4.74 Å². The van der Waals surface area contributed by atoms with Crippen LogP contribution in [0.2, 0.25) is 0 Å². The fraction of sp³-hybridized carbons (Fsp3) is 0.333. The van der Waals surface area contributed by atoms with Gasteiger partial charge in [0.25, 0.3) is 0 Å². The number of anilines is 1. The molecule has 0 aliphatic carbocycles. The zero-order chi connectivity index (χ0) is 15.2. The van der Waals surface area contributed by atoms with Crippen LogP contribution in [0.1, 0.15) is 31.9 Å². The molecule has 0 aromatic heterocycles. The van der Waals surface area contributed by atoms with Crippen LogP contribution in [0.25, 0.3) is 0 Å². The van der Waals surface area contributed by atoms with Crippen molar-refractivity contribution in [1.82, 2.24) is 5.32 Å². The predicted octanol–water partition coefficient (Wildman–Crippen LogP) is 2.02. The van der Waals surface area contributed by atoms with Gasteiger partial charge in [-0.15, -0.1) is 0 Å². The molecule has 5 heteroatoms. The van der Waals surface area contributed by atoms with E-state index in [9.17, 15) is 4.79 Å². The lowest BCUT2D eigenvalue weighted by Gasteiger charge is -2.18. The van der Waals surface area contributed by atoms with E-state index in [1.807, 2.05) is 6.07 Å². The van der Waals surface area contributed by atoms with E-state index in [1.165, 1.54) is 0 Å². The Bertz CT molecular complexity index is 598. The number of hydrogen-bond donors (Lipinski definition) is 2. The number of carbonyl (C=O) groups is 1. The Morgan fingerprint density at radius 2 is 2.15 bits per heavy atom. The van der Waals surface area contributed by atoms with Crippen molar-refractivity contribution in [3.8, 4) is 17.9 Å². The van der Waals surface area contributed by atoms with Gasteiger partial charge in [0.05, 0.1) is 17.8 Å². The third-order valence-electron chi connectivity index (χ3n) is 2.12. The van der Waals surface area contributed by atoms with E-state index in [0.717, 1.165) is 0 Å². The summed E-state index contributed by atoms with van der Waals surface area (Å²) in [7, 11) is 0. The van der Waals surface area contributed by atoms with Crippen molar-refractivity contribution in [2.75, 3.05) is 12.3 Å². The first-order valence-corrected chi connectivity index (χ1v) is 6.07. The molecule has 0 aliphatic heterocycles. The van der Waals surface area contributed by atoms with Crippen LogP contribution in [0.5, 0.6) is 0 Å². The second kappa shape index (κ2) is 6.49. The maximum absolute atomic E-state index is 11.4. The van der Waals surface area contributed by atoms with Gasteiger partial charge in [0.15, 0.2) is 0 Å². The quantitative estimate of drug-likeness (QED) is 0.604. The topological polar surface area (TPSA) is 88.1 Å². The molecule has 0 unspecified atom stereocenters. The fourth-order valence-corrected chi connectivity index (χ4v) is 1.32. The molecule has 0 bridgehead atoms. The molecule has 0 fully saturated rings. The number of benzene rings is 1. The average molecular weight is 271 g/mol. The van der Waals surface area contributed by atoms with Crippen molar-refractivity contribution in [1.29, 1.82) is 5.26 Å². The Hall–Kier alpha value is -2.66. The number of nitrogens with one attached hydrogen (secondary N) is 1. The second-order valence-corrected chi connectivity index (χ2v) is 5.07. The molecule has 104 valence electrons. The van der Waals surface area contributed by atoms with Gasteiger partial charge in [0, 0.05) is 5.56 Å². The molecule has 0 atom stereocenters. The summed E-state index contributed by atoms with van der Waals surface area (Å²) in [6.07, 6.45) is -0.508. The number of nitrogens with two attached hydrogens (primary N) is 1. The number of alkyl carbamates (subject to hydrolysis) is 1. The minimum atomic E-state index is -0.529. The van der Waals surface area contributed by atoms with Gasteiger partial charge in [-0.05, 0) is 39.0 Å². The van der Waals surface area contributed by atoms with Gasteiger partial charge in [-0.3, -0.25) is 0 Å². The first kappa shape index (κ1) is 15.4. The van der Waals surface area contributed by atoms with Crippen molar-refractivity contribution in [3.05, 3.63) is 29.3 Å². The summed E-state index contributed by atoms with van der Waals surface area (Å²) in [6, 6.07) is 6.92. The van der Waals surface area contributed by atoms with E-state index in [2.05, 4.69) is 17.2 Å². The van der Waals surface area contributed by atoms with E-state index in [4.69, 9.17) is 15.7 Å². The van der Waals surface area contributed by atoms with Crippen LogP contribution in [0.15, 0.2) is 18.2 Å². The SMILES string of the molecule is CC(C)(C)OC(=O)NCC#Cc1ccc(C#N)c(N)c1. The minimum Gasteiger partial charge on any atom is -0.444 e. The summed E-state index contributed by atoms with van der Waals surface area (Å²) in [6.45, 7) is 5.54. The Balaban J connectivity index is 2.54. The van der Waals surface area contributed by atoms with E-state index in [1.54, 1.807) is 39.0 Å². The zero-order valence-electron chi connectivity index (χ0n) is 11.8. The van der Waals surface area contributed by atoms with Gasteiger partial charge < -0.3 is 15.8 Å². The lowest BCUT2D eigenvalue weighted by atomic mass is 10.1. The second-order valence-electron chi connectivity index (χ2n) is 5.07. The largest absolute Gasteiger partial charge is 0.444 e. The molecule has 0 saturated heterocycles.